The van der Waals surface area contributed by atoms with Crippen LogP contribution in [-0.4, -0.2) is 33.2 Å². The van der Waals surface area contributed by atoms with Gasteiger partial charge in [0.1, 0.15) is 0 Å². The van der Waals surface area contributed by atoms with Gasteiger partial charge in [0.25, 0.3) is 0 Å². The van der Waals surface area contributed by atoms with Gasteiger partial charge >= 0.3 is 0 Å². The maximum absolute atomic E-state index is 11.6. The van der Waals surface area contributed by atoms with Gasteiger partial charge in [0.15, 0.2) is 0 Å². The predicted octanol–water partition coefficient (Wildman–Crippen LogP) is 0.333. The molecule has 1 aliphatic rings. The highest BCUT2D eigenvalue weighted by atomic mass is 16.3. The van der Waals surface area contributed by atoms with E-state index in [1.807, 2.05) is 10.8 Å². The number of piperidine rings is 1. The first-order valence-corrected chi connectivity index (χ1v) is 6.17. The van der Waals surface area contributed by atoms with E-state index in [2.05, 4.69) is 17.2 Å². The summed E-state index contributed by atoms with van der Waals surface area (Å²) in [7, 11) is 0. The van der Waals surface area contributed by atoms with Gasteiger partial charge in [-0.15, -0.1) is 0 Å². The normalized spacial score (nSPS) is 24.7. The van der Waals surface area contributed by atoms with E-state index >= 15 is 0 Å². The highest BCUT2D eigenvalue weighted by Gasteiger charge is 2.30. The molecule has 1 aliphatic heterocycles. The summed E-state index contributed by atoms with van der Waals surface area (Å²) in [4.78, 5) is 15.9. The van der Waals surface area contributed by atoms with Gasteiger partial charge in [0, 0.05) is 25.7 Å². The zero-order valence-electron chi connectivity index (χ0n) is 10.1. The van der Waals surface area contributed by atoms with E-state index in [4.69, 9.17) is 0 Å². The van der Waals surface area contributed by atoms with Crippen molar-refractivity contribution < 1.29 is 9.90 Å². The third kappa shape index (κ3) is 2.85. The largest absolute Gasteiger partial charge is 0.392 e. The lowest BCUT2D eigenvalue weighted by molar-refractivity contribution is -0.131. The Morgan fingerprint density at radius 3 is 3.18 bits per heavy atom. The van der Waals surface area contributed by atoms with Crippen molar-refractivity contribution in [2.75, 3.05) is 6.54 Å². The van der Waals surface area contributed by atoms with Crippen LogP contribution in [0.2, 0.25) is 0 Å². The molecule has 5 nitrogen and oxygen atoms in total. The highest BCUT2D eigenvalue weighted by Crippen LogP contribution is 2.17. The van der Waals surface area contributed by atoms with E-state index in [-0.39, 0.29) is 11.8 Å². The van der Waals surface area contributed by atoms with Crippen LogP contribution in [0.15, 0.2) is 12.5 Å². The summed E-state index contributed by atoms with van der Waals surface area (Å²) in [5.41, 5.74) is 0.875. The second kappa shape index (κ2) is 5.31. The lowest BCUT2D eigenvalue weighted by Crippen LogP contribution is -2.45. The maximum Gasteiger partial charge on any atom is 0.226 e. The molecule has 1 saturated heterocycles. The first kappa shape index (κ1) is 12.1. The van der Waals surface area contributed by atoms with Crippen molar-refractivity contribution in [3.05, 3.63) is 18.2 Å². The topological polar surface area (TPSA) is 67.2 Å². The van der Waals surface area contributed by atoms with Crippen LogP contribution in [0.1, 0.15) is 25.5 Å². The van der Waals surface area contributed by atoms with E-state index < -0.39 is 6.10 Å². The number of nitrogens with zero attached hydrogens (tertiary/aromatic N) is 2. The van der Waals surface area contributed by atoms with Crippen LogP contribution < -0.4 is 5.32 Å². The summed E-state index contributed by atoms with van der Waals surface area (Å²) in [6.07, 6.45) is 5.41. The fourth-order valence-electron chi connectivity index (χ4n) is 2.20. The van der Waals surface area contributed by atoms with E-state index in [1.165, 1.54) is 0 Å². The first-order chi connectivity index (χ1) is 8.20. The lowest BCUT2D eigenvalue weighted by atomic mass is 9.91. The number of nitrogens with one attached hydrogen (secondary N) is 1. The van der Waals surface area contributed by atoms with Gasteiger partial charge in [0.05, 0.1) is 24.0 Å². The van der Waals surface area contributed by atoms with Gasteiger partial charge in [-0.25, -0.2) is 4.98 Å². The minimum absolute atomic E-state index is 0.0613. The SMILES string of the molecule is CCCn1cnc(CC2C(=O)NCCC2O)c1. The Kier molecular flexibility index (Phi) is 3.78. The number of hydrogen-bond acceptors (Lipinski definition) is 3. The zero-order valence-corrected chi connectivity index (χ0v) is 10.1. The molecule has 1 fully saturated rings. The number of rotatable bonds is 4. The number of carbonyl (C=O) groups is 1. The van der Waals surface area contributed by atoms with Crippen LogP contribution in [-0.2, 0) is 17.8 Å². The molecule has 0 bridgehead atoms. The Morgan fingerprint density at radius 2 is 2.47 bits per heavy atom. The quantitative estimate of drug-likeness (QED) is 0.793. The number of imidazole rings is 1. The molecule has 5 heteroatoms. The van der Waals surface area contributed by atoms with Crippen molar-refractivity contribution in [1.29, 1.82) is 0 Å². The van der Waals surface area contributed by atoms with Crippen LogP contribution in [0.3, 0.4) is 0 Å². The molecule has 1 aromatic heterocycles. The lowest BCUT2D eigenvalue weighted by Gasteiger charge is -2.26. The predicted molar refractivity (Wildman–Crippen MR) is 63.3 cm³/mol. The van der Waals surface area contributed by atoms with E-state index in [1.54, 1.807) is 6.33 Å². The van der Waals surface area contributed by atoms with Crippen molar-refractivity contribution in [3.63, 3.8) is 0 Å². The number of hydrogen-bond donors (Lipinski definition) is 2. The van der Waals surface area contributed by atoms with E-state index in [0.717, 1.165) is 18.7 Å². The average molecular weight is 237 g/mol. The molecule has 0 aliphatic carbocycles. The van der Waals surface area contributed by atoms with Crippen molar-refractivity contribution in [3.8, 4) is 0 Å². The van der Waals surface area contributed by atoms with Crippen LogP contribution in [0.4, 0.5) is 0 Å². The summed E-state index contributed by atoms with van der Waals surface area (Å²) in [6, 6.07) is 0. The van der Waals surface area contributed by atoms with Gasteiger partial charge < -0.3 is 15.0 Å². The molecule has 0 aromatic carbocycles. The second-order valence-corrected chi connectivity index (χ2v) is 4.56. The summed E-state index contributed by atoms with van der Waals surface area (Å²) < 4.78 is 2.02. The minimum atomic E-state index is -0.542. The van der Waals surface area contributed by atoms with Gasteiger partial charge in [-0.2, -0.15) is 0 Å². The molecule has 2 unspecified atom stereocenters. The molecule has 94 valence electrons. The molecule has 0 spiro atoms. The zero-order chi connectivity index (χ0) is 12.3. The van der Waals surface area contributed by atoms with Gasteiger partial charge in [-0.05, 0) is 12.8 Å². The number of aromatic nitrogens is 2. The molecule has 1 amide bonds. The molecule has 2 heterocycles. The van der Waals surface area contributed by atoms with Crippen molar-refractivity contribution in [1.82, 2.24) is 14.9 Å². The Hall–Kier alpha value is -1.36. The number of carbonyl (C=O) groups excluding carboxylic acids is 1. The molecular weight excluding hydrogens is 218 g/mol. The number of amides is 1. The number of aliphatic hydroxyl groups is 1. The van der Waals surface area contributed by atoms with Crippen LogP contribution in [0.5, 0.6) is 0 Å². The van der Waals surface area contributed by atoms with Crippen molar-refractivity contribution >= 4 is 5.91 Å². The fraction of sp³-hybridized carbons (Fsp3) is 0.667. The van der Waals surface area contributed by atoms with Crippen LogP contribution >= 0.6 is 0 Å². The van der Waals surface area contributed by atoms with E-state index in [0.29, 0.717) is 19.4 Å². The molecule has 17 heavy (non-hydrogen) atoms. The molecule has 1 aromatic rings. The Bertz CT molecular complexity index is 389. The summed E-state index contributed by atoms with van der Waals surface area (Å²) in [6.45, 7) is 3.62. The van der Waals surface area contributed by atoms with Gasteiger partial charge in [0.2, 0.25) is 5.91 Å². The van der Waals surface area contributed by atoms with Gasteiger partial charge in [-0.3, -0.25) is 4.79 Å². The minimum Gasteiger partial charge on any atom is -0.392 e. The molecule has 2 atom stereocenters. The summed E-state index contributed by atoms with van der Waals surface area (Å²) in [5, 5.41) is 12.6. The summed E-state index contributed by atoms with van der Waals surface area (Å²) in [5.74, 6) is -0.414. The second-order valence-electron chi connectivity index (χ2n) is 4.56. The average Bonchev–Trinajstić information content (AvgIpc) is 2.72. The van der Waals surface area contributed by atoms with Crippen molar-refractivity contribution in [2.24, 2.45) is 5.92 Å². The number of aryl methyl sites for hydroxylation is 1. The monoisotopic (exact) mass is 237 g/mol. The molecule has 0 radical (unpaired) electrons. The summed E-state index contributed by atoms with van der Waals surface area (Å²) >= 11 is 0. The third-order valence-electron chi connectivity index (χ3n) is 3.14. The Labute approximate surface area is 101 Å². The highest BCUT2D eigenvalue weighted by molar-refractivity contribution is 5.80. The number of aliphatic hydroxyl groups excluding tert-OH is 1. The molecule has 2 N–H and O–H groups in total. The standard InChI is InChI=1S/C12H19N3O2/c1-2-5-15-7-9(14-8-15)6-10-11(16)3-4-13-12(10)17/h7-8,10-11,16H,2-6H2,1H3,(H,13,17). The van der Waals surface area contributed by atoms with Crippen LogP contribution in [0.25, 0.3) is 0 Å². The fourth-order valence-corrected chi connectivity index (χ4v) is 2.20. The molecule has 2 rings (SSSR count). The molecule has 0 saturated carbocycles. The molecular formula is C12H19N3O2. The Morgan fingerprint density at radius 1 is 1.65 bits per heavy atom. The first-order valence-electron chi connectivity index (χ1n) is 6.17. The third-order valence-corrected chi connectivity index (χ3v) is 3.14. The maximum atomic E-state index is 11.6. The Balaban J connectivity index is 2.00. The van der Waals surface area contributed by atoms with Gasteiger partial charge in [-0.1, -0.05) is 6.92 Å². The van der Waals surface area contributed by atoms with Crippen LogP contribution in [0, 0.1) is 5.92 Å². The van der Waals surface area contributed by atoms with E-state index in [9.17, 15) is 9.90 Å². The smallest absolute Gasteiger partial charge is 0.226 e. The van der Waals surface area contributed by atoms with Crippen molar-refractivity contribution in [2.45, 2.75) is 38.8 Å².